The Morgan fingerprint density at radius 1 is 1.25 bits per heavy atom. The molecule has 5 nitrogen and oxygen atoms in total. The van der Waals surface area contributed by atoms with Crippen molar-refractivity contribution in [3.63, 3.8) is 0 Å². The zero-order chi connectivity index (χ0) is 14.9. The van der Waals surface area contributed by atoms with Crippen LogP contribution in [0.15, 0.2) is 18.2 Å². The van der Waals surface area contributed by atoms with Crippen molar-refractivity contribution in [2.75, 3.05) is 25.9 Å². The second-order valence-corrected chi connectivity index (χ2v) is 5.30. The number of nitrogens with zero attached hydrogens (tertiary/aromatic N) is 2. The Morgan fingerprint density at radius 2 is 1.90 bits per heavy atom. The van der Waals surface area contributed by atoms with E-state index in [-0.39, 0.29) is 11.8 Å². The summed E-state index contributed by atoms with van der Waals surface area (Å²) in [6, 6.07) is 5.29. The standard InChI is InChI=1S/C15H21N3O2/c1-4-10(2)17(3)7-8-18-14(19)12-6-5-11(16)9-13(12)15(18)20/h5-6,9-10H,4,7-8,16H2,1-3H3. The summed E-state index contributed by atoms with van der Waals surface area (Å²) in [5.74, 6) is -0.461. The van der Waals surface area contributed by atoms with Crippen molar-refractivity contribution in [2.45, 2.75) is 26.3 Å². The van der Waals surface area contributed by atoms with Gasteiger partial charge in [0, 0.05) is 24.8 Å². The Bertz CT molecular complexity index is 542. The average Bonchev–Trinajstić information content (AvgIpc) is 2.67. The second kappa shape index (κ2) is 5.63. The molecule has 2 N–H and O–H groups in total. The van der Waals surface area contributed by atoms with Gasteiger partial charge in [-0.15, -0.1) is 0 Å². The number of nitrogens with two attached hydrogens (primary N) is 1. The molecule has 0 aliphatic carbocycles. The molecule has 0 radical (unpaired) electrons. The topological polar surface area (TPSA) is 66.6 Å². The number of hydrogen-bond donors (Lipinski definition) is 1. The summed E-state index contributed by atoms with van der Waals surface area (Å²) in [6.45, 7) is 5.33. The molecule has 1 atom stereocenters. The van der Waals surface area contributed by atoms with Crippen LogP contribution in [0.3, 0.4) is 0 Å². The first-order valence-electron chi connectivity index (χ1n) is 6.91. The largest absolute Gasteiger partial charge is 0.399 e. The van der Waals surface area contributed by atoms with Gasteiger partial charge >= 0.3 is 0 Å². The van der Waals surface area contributed by atoms with E-state index in [1.165, 1.54) is 4.90 Å². The minimum atomic E-state index is -0.241. The normalized spacial score (nSPS) is 15.9. The number of carbonyl (C=O) groups excluding carboxylic acids is 2. The van der Waals surface area contributed by atoms with Crippen molar-refractivity contribution < 1.29 is 9.59 Å². The summed E-state index contributed by atoms with van der Waals surface area (Å²) in [5.41, 5.74) is 7.05. The predicted octanol–water partition coefficient (Wildman–Crippen LogP) is 1.60. The van der Waals surface area contributed by atoms with Crippen LogP contribution in [0.4, 0.5) is 5.69 Å². The van der Waals surface area contributed by atoms with Gasteiger partial charge in [0.2, 0.25) is 0 Å². The quantitative estimate of drug-likeness (QED) is 0.654. The molecule has 1 aromatic carbocycles. The Hall–Kier alpha value is -1.88. The van der Waals surface area contributed by atoms with Gasteiger partial charge in [-0.05, 0) is 38.6 Å². The summed E-state index contributed by atoms with van der Waals surface area (Å²) in [7, 11) is 2.00. The molecule has 2 rings (SSSR count). The van der Waals surface area contributed by atoms with Gasteiger partial charge < -0.3 is 10.6 Å². The molecule has 1 aliphatic rings. The van der Waals surface area contributed by atoms with Crippen LogP contribution < -0.4 is 5.73 Å². The van der Waals surface area contributed by atoms with Gasteiger partial charge in [0.15, 0.2) is 0 Å². The molecule has 2 amide bonds. The van der Waals surface area contributed by atoms with E-state index in [1.54, 1.807) is 18.2 Å². The van der Waals surface area contributed by atoms with Gasteiger partial charge in [-0.2, -0.15) is 0 Å². The molecular formula is C15H21N3O2. The Labute approximate surface area is 119 Å². The van der Waals surface area contributed by atoms with Crippen molar-refractivity contribution in [1.82, 2.24) is 9.80 Å². The molecular weight excluding hydrogens is 254 g/mol. The van der Waals surface area contributed by atoms with Crippen molar-refractivity contribution in [3.05, 3.63) is 29.3 Å². The first-order valence-corrected chi connectivity index (χ1v) is 6.91. The lowest BCUT2D eigenvalue weighted by molar-refractivity contribution is 0.0634. The van der Waals surface area contributed by atoms with E-state index in [1.807, 2.05) is 7.05 Å². The minimum absolute atomic E-state index is 0.220. The van der Waals surface area contributed by atoms with E-state index >= 15 is 0 Å². The zero-order valence-electron chi connectivity index (χ0n) is 12.2. The second-order valence-electron chi connectivity index (χ2n) is 5.30. The van der Waals surface area contributed by atoms with Gasteiger partial charge in [0.05, 0.1) is 11.1 Å². The molecule has 0 aromatic heterocycles. The van der Waals surface area contributed by atoms with Gasteiger partial charge in [0.25, 0.3) is 11.8 Å². The summed E-state index contributed by atoms with van der Waals surface area (Å²) in [5, 5.41) is 0. The Morgan fingerprint density at radius 3 is 2.55 bits per heavy atom. The summed E-state index contributed by atoms with van der Waals surface area (Å²) < 4.78 is 0. The smallest absolute Gasteiger partial charge is 0.261 e. The lowest BCUT2D eigenvalue weighted by atomic mass is 10.1. The fourth-order valence-corrected chi connectivity index (χ4v) is 2.30. The molecule has 20 heavy (non-hydrogen) atoms. The van der Waals surface area contributed by atoms with E-state index in [0.29, 0.717) is 35.9 Å². The highest BCUT2D eigenvalue weighted by molar-refractivity contribution is 6.21. The van der Waals surface area contributed by atoms with Crippen LogP contribution in [0.5, 0.6) is 0 Å². The number of rotatable bonds is 5. The van der Waals surface area contributed by atoms with Gasteiger partial charge in [-0.1, -0.05) is 6.92 Å². The van der Waals surface area contributed by atoms with Crippen molar-refractivity contribution in [3.8, 4) is 0 Å². The minimum Gasteiger partial charge on any atom is -0.399 e. The number of likely N-dealkylation sites (N-methyl/N-ethyl adjacent to an activating group) is 1. The van der Waals surface area contributed by atoms with E-state index in [2.05, 4.69) is 18.7 Å². The van der Waals surface area contributed by atoms with Crippen LogP contribution in [0.2, 0.25) is 0 Å². The monoisotopic (exact) mass is 275 g/mol. The molecule has 0 saturated carbocycles. The number of nitrogen functional groups attached to an aromatic ring is 1. The van der Waals surface area contributed by atoms with Crippen LogP contribution in [0.1, 0.15) is 41.0 Å². The van der Waals surface area contributed by atoms with Crippen LogP contribution in [-0.4, -0.2) is 47.8 Å². The highest BCUT2D eigenvalue weighted by atomic mass is 16.2. The van der Waals surface area contributed by atoms with Crippen molar-refractivity contribution in [1.29, 1.82) is 0 Å². The van der Waals surface area contributed by atoms with Crippen LogP contribution in [0.25, 0.3) is 0 Å². The first kappa shape index (κ1) is 14.5. The maximum Gasteiger partial charge on any atom is 0.261 e. The molecule has 0 saturated heterocycles. The number of hydrogen-bond acceptors (Lipinski definition) is 4. The van der Waals surface area contributed by atoms with E-state index in [9.17, 15) is 9.59 Å². The Kier molecular flexibility index (Phi) is 4.09. The van der Waals surface area contributed by atoms with E-state index < -0.39 is 0 Å². The number of fused-ring (bicyclic) bond motifs is 1. The summed E-state index contributed by atoms with van der Waals surface area (Å²) >= 11 is 0. The van der Waals surface area contributed by atoms with Crippen LogP contribution >= 0.6 is 0 Å². The highest BCUT2D eigenvalue weighted by Crippen LogP contribution is 2.24. The maximum absolute atomic E-state index is 12.2. The lowest BCUT2D eigenvalue weighted by Gasteiger charge is -2.25. The lowest BCUT2D eigenvalue weighted by Crippen LogP contribution is -2.39. The molecule has 0 bridgehead atoms. The molecule has 5 heteroatoms. The molecule has 1 heterocycles. The van der Waals surface area contributed by atoms with Gasteiger partial charge in [0.1, 0.15) is 0 Å². The molecule has 0 fully saturated rings. The van der Waals surface area contributed by atoms with E-state index in [4.69, 9.17) is 5.73 Å². The predicted molar refractivity (Wildman–Crippen MR) is 78.6 cm³/mol. The number of benzene rings is 1. The highest BCUT2D eigenvalue weighted by Gasteiger charge is 2.35. The third-order valence-corrected chi connectivity index (χ3v) is 4.01. The molecule has 1 aromatic rings. The molecule has 1 unspecified atom stereocenters. The summed E-state index contributed by atoms with van der Waals surface area (Å²) in [4.78, 5) is 27.9. The zero-order valence-corrected chi connectivity index (χ0v) is 12.2. The Balaban J connectivity index is 2.09. The van der Waals surface area contributed by atoms with Crippen molar-refractivity contribution in [2.24, 2.45) is 0 Å². The van der Waals surface area contributed by atoms with E-state index in [0.717, 1.165) is 6.42 Å². The van der Waals surface area contributed by atoms with Crippen LogP contribution in [0, 0.1) is 0 Å². The molecule has 0 spiro atoms. The molecule has 1 aliphatic heterocycles. The fourth-order valence-electron chi connectivity index (χ4n) is 2.30. The fraction of sp³-hybridized carbons (Fsp3) is 0.467. The number of amides is 2. The number of anilines is 1. The average molecular weight is 275 g/mol. The number of carbonyl (C=O) groups is 2. The third kappa shape index (κ3) is 2.54. The number of imide groups is 1. The van der Waals surface area contributed by atoms with Crippen LogP contribution in [-0.2, 0) is 0 Å². The SMILES string of the molecule is CCC(C)N(C)CCN1C(=O)c2ccc(N)cc2C1=O. The third-order valence-electron chi connectivity index (χ3n) is 4.01. The maximum atomic E-state index is 12.2. The van der Waals surface area contributed by atoms with Gasteiger partial charge in [-0.3, -0.25) is 14.5 Å². The first-order chi connectivity index (χ1) is 9.45. The van der Waals surface area contributed by atoms with Gasteiger partial charge in [-0.25, -0.2) is 0 Å². The molecule has 108 valence electrons. The summed E-state index contributed by atoms with van der Waals surface area (Å²) in [6.07, 6.45) is 1.04. The van der Waals surface area contributed by atoms with Crippen molar-refractivity contribution >= 4 is 17.5 Å².